The van der Waals surface area contributed by atoms with E-state index in [-0.39, 0.29) is 21.9 Å². The van der Waals surface area contributed by atoms with Crippen molar-refractivity contribution in [2.75, 3.05) is 0 Å². The minimum atomic E-state index is 0.0130. The van der Waals surface area contributed by atoms with Gasteiger partial charge in [0.1, 0.15) is 12.2 Å². The highest BCUT2D eigenvalue weighted by molar-refractivity contribution is 5.17. The van der Waals surface area contributed by atoms with Gasteiger partial charge in [-0.15, -0.1) is 0 Å². The van der Waals surface area contributed by atoms with Crippen molar-refractivity contribution in [3.05, 3.63) is 36.6 Å². The van der Waals surface area contributed by atoms with Crippen LogP contribution in [0.15, 0.2) is 30.8 Å². The van der Waals surface area contributed by atoms with E-state index in [4.69, 9.17) is 0 Å². The number of rotatable bonds is 0. The molecule has 2 heterocycles. The Morgan fingerprint density at radius 2 is 1.33 bits per heavy atom. The summed E-state index contributed by atoms with van der Waals surface area (Å²) in [7, 11) is 0. The Kier molecular flexibility index (Phi) is 6.78. The van der Waals surface area contributed by atoms with Gasteiger partial charge in [0, 0.05) is 17.2 Å². The zero-order valence-electron chi connectivity index (χ0n) is 19.8. The molecule has 0 aliphatic carbocycles. The minimum Gasteiger partial charge on any atom is -0.366 e. The first-order valence-electron chi connectivity index (χ1n) is 10.00. The van der Waals surface area contributed by atoms with E-state index < -0.39 is 0 Å². The van der Waals surface area contributed by atoms with Crippen molar-refractivity contribution in [3.8, 4) is 0 Å². The lowest BCUT2D eigenvalue weighted by atomic mass is 9.82. The SMILES string of the molecule is CC(C)(C)C1C=CC=CN1C(C)(C)C.CC(C)(C)c1ncnn1C(C)(C)C. The van der Waals surface area contributed by atoms with Crippen LogP contribution in [0.3, 0.4) is 0 Å². The molecule has 4 heteroatoms. The molecule has 1 aliphatic rings. The van der Waals surface area contributed by atoms with E-state index in [1.807, 2.05) is 4.68 Å². The van der Waals surface area contributed by atoms with Crippen molar-refractivity contribution < 1.29 is 0 Å². The van der Waals surface area contributed by atoms with Gasteiger partial charge in [0.25, 0.3) is 0 Å². The second-order valence-corrected chi connectivity index (χ2v) is 11.5. The van der Waals surface area contributed by atoms with Gasteiger partial charge in [-0.05, 0) is 53.0 Å². The topological polar surface area (TPSA) is 34.0 Å². The van der Waals surface area contributed by atoms with Crippen molar-refractivity contribution >= 4 is 0 Å². The smallest absolute Gasteiger partial charge is 0.138 e. The van der Waals surface area contributed by atoms with Gasteiger partial charge in [-0.2, -0.15) is 5.10 Å². The van der Waals surface area contributed by atoms with Crippen molar-refractivity contribution in [2.45, 2.75) is 106 Å². The average Bonchev–Trinajstić information content (AvgIpc) is 2.96. The van der Waals surface area contributed by atoms with E-state index in [1.165, 1.54) is 0 Å². The van der Waals surface area contributed by atoms with Gasteiger partial charge in [0.15, 0.2) is 0 Å². The van der Waals surface area contributed by atoms with Crippen molar-refractivity contribution in [1.82, 2.24) is 19.7 Å². The Morgan fingerprint density at radius 1 is 0.778 bits per heavy atom. The summed E-state index contributed by atoms with van der Waals surface area (Å²) in [6.45, 7) is 26.5. The summed E-state index contributed by atoms with van der Waals surface area (Å²) in [5, 5.41) is 4.26. The first kappa shape index (κ1) is 23.5. The Morgan fingerprint density at radius 3 is 1.67 bits per heavy atom. The van der Waals surface area contributed by atoms with Crippen molar-refractivity contribution in [3.63, 3.8) is 0 Å². The molecule has 0 saturated carbocycles. The highest BCUT2D eigenvalue weighted by atomic mass is 15.4. The number of nitrogens with zero attached hydrogens (tertiary/aromatic N) is 4. The molecule has 0 amide bonds. The molecule has 0 fully saturated rings. The fraction of sp³-hybridized carbons (Fsp3) is 0.739. The third-order valence-electron chi connectivity index (χ3n) is 4.47. The van der Waals surface area contributed by atoms with Crippen LogP contribution in [0.4, 0.5) is 0 Å². The van der Waals surface area contributed by atoms with Crippen LogP contribution in [0.5, 0.6) is 0 Å². The molecule has 0 spiro atoms. The Labute approximate surface area is 167 Å². The minimum absolute atomic E-state index is 0.0130. The molecule has 1 atom stereocenters. The van der Waals surface area contributed by atoms with E-state index in [9.17, 15) is 0 Å². The normalized spacial score (nSPS) is 18.4. The van der Waals surface area contributed by atoms with Gasteiger partial charge >= 0.3 is 0 Å². The summed E-state index contributed by atoms with van der Waals surface area (Å²) in [6, 6.07) is 0.493. The van der Waals surface area contributed by atoms with Gasteiger partial charge in [0.05, 0.1) is 11.6 Å². The maximum Gasteiger partial charge on any atom is 0.138 e. The van der Waals surface area contributed by atoms with Crippen molar-refractivity contribution in [1.29, 1.82) is 0 Å². The highest BCUT2D eigenvalue weighted by Crippen LogP contribution is 2.32. The molecule has 0 N–H and O–H groups in total. The second kappa shape index (κ2) is 7.81. The number of hydrogen-bond acceptors (Lipinski definition) is 3. The lowest BCUT2D eigenvalue weighted by molar-refractivity contribution is 0.0976. The second-order valence-electron chi connectivity index (χ2n) is 11.5. The number of hydrogen-bond donors (Lipinski definition) is 0. The molecule has 1 unspecified atom stereocenters. The number of allylic oxidation sites excluding steroid dienone is 2. The average molecular weight is 375 g/mol. The summed E-state index contributed by atoms with van der Waals surface area (Å²) in [6.07, 6.45) is 10.4. The van der Waals surface area contributed by atoms with E-state index in [0.717, 1.165) is 5.82 Å². The molecule has 154 valence electrons. The van der Waals surface area contributed by atoms with Crippen LogP contribution in [0.2, 0.25) is 0 Å². The van der Waals surface area contributed by atoms with Crippen LogP contribution in [0.1, 0.15) is 88.9 Å². The fourth-order valence-corrected chi connectivity index (χ4v) is 3.09. The monoisotopic (exact) mass is 374 g/mol. The largest absolute Gasteiger partial charge is 0.366 e. The Hall–Kier alpha value is -1.58. The Bertz CT molecular complexity index is 596. The first-order valence-corrected chi connectivity index (χ1v) is 10.00. The molecule has 1 aromatic heterocycles. The maximum atomic E-state index is 4.31. The van der Waals surface area contributed by atoms with Crippen LogP contribution >= 0.6 is 0 Å². The third-order valence-corrected chi connectivity index (χ3v) is 4.47. The fourth-order valence-electron chi connectivity index (χ4n) is 3.09. The molecule has 1 aromatic rings. The summed E-state index contributed by atoms with van der Waals surface area (Å²) in [4.78, 5) is 6.74. The third kappa shape index (κ3) is 6.51. The van der Waals surface area contributed by atoms with Gasteiger partial charge in [-0.3, -0.25) is 0 Å². The zero-order valence-corrected chi connectivity index (χ0v) is 19.8. The number of aromatic nitrogens is 3. The molecule has 1 aliphatic heterocycles. The zero-order chi connectivity index (χ0) is 21.3. The molecule has 0 aromatic carbocycles. The lowest BCUT2D eigenvalue weighted by Gasteiger charge is -2.46. The standard InChI is InChI=1S/C13H23N.C10H19N3/c1-12(2,3)11-9-7-8-10-14(11)13(4,5)6;1-9(2,3)8-11-7-12-13(8)10(4,5)6/h7-11H,1-6H3;7H,1-6H3. The Balaban J connectivity index is 0.000000271. The molecule has 0 bridgehead atoms. The summed E-state index contributed by atoms with van der Waals surface area (Å²) >= 11 is 0. The van der Waals surface area contributed by atoms with Crippen LogP contribution in [0.25, 0.3) is 0 Å². The molecule has 0 radical (unpaired) electrons. The summed E-state index contributed by atoms with van der Waals surface area (Å²) in [5.74, 6) is 1.04. The quantitative estimate of drug-likeness (QED) is 0.565. The molecule has 2 rings (SSSR count). The van der Waals surface area contributed by atoms with E-state index in [0.29, 0.717) is 6.04 Å². The van der Waals surface area contributed by atoms with Crippen LogP contribution in [-0.2, 0) is 11.0 Å². The molecular weight excluding hydrogens is 332 g/mol. The van der Waals surface area contributed by atoms with Gasteiger partial charge in [-0.25, -0.2) is 9.67 Å². The predicted molar refractivity (Wildman–Crippen MR) is 117 cm³/mol. The maximum absolute atomic E-state index is 4.31. The summed E-state index contributed by atoms with van der Waals surface area (Å²) < 4.78 is 1.99. The highest BCUT2D eigenvalue weighted by Gasteiger charge is 2.33. The molecular formula is C23H42N4. The van der Waals surface area contributed by atoms with Gasteiger partial charge in [0.2, 0.25) is 0 Å². The van der Waals surface area contributed by atoms with Gasteiger partial charge < -0.3 is 4.90 Å². The van der Waals surface area contributed by atoms with Crippen LogP contribution < -0.4 is 0 Å². The van der Waals surface area contributed by atoms with Crippen LogP contribution in [0, 0.1) is 5.41 Å². The molecule has 27 heavy (non-hydrogen) atoms. The molecule has 4 nitrogen and oxygen atoms in total. The lowest BCUT2D eigenvalue weighted by Crippen LogP contribution is -2.49. The predicted octanol–water partition coefficient (Wildman–Crippen LogP) is 5.92. The van der Waals surface area contributed by atoms with E-state index in [1.54, 1.807) is 6.33 Å². The van der Waals surface area contributed by atoms with Gasteiger partial charge in [-0.1, -0.05) is 53.7 Å². The summed E-state index contributed by atoms with van der Waals surface area (Å²) in [5.41, 5.74) is 0.552. The van der Waals surface area contributed by atoms with Crippen LogP contribution in [-0.4, -0.2) is 31.2 Å². The first-order chi connectivity index (χ1) is 12.0. The van der Waals surface area contributed by atoms with Crippen molar-refractivity contribution in [2.24, 2.45) is 5.41 Å². The van der Waals surface area contributed by atoms with E-state index in [2.05, 4.69) is 122 Å². The van der Waals surface area contributed by atoms with E-state index >= 15 is 0 Å². The molecule has 0 saturated heterocycles.